The number of thioether (sulfide) groups is 1. The Bertz CT molecular complexity index is 957. The van der Waals surface area contributed by atoms with E-state index in [-0.39, 0.29) is 24.3 Å². The molecule has 0 aliphatic carbocycles. The summed E-state index contributed by atoms with van der Waals surface area (Å²) >= 11 is 0.858. The van der Waals surface area contributed by atoms with E-state index in [9.17, 15) is 24.5 Å². The van der Waals surface area contributed by atoms with Gasteiger partial charge in [-0.15, -0.1) is 0 Å². The van der Waals surface area contributed by atoms with Gasteiger partial charge in [0, 0.05) is 30.8 Å². The van der Waals surface area contributed by atoms with Crippen LogP contribution in [0.3, 0.4) is 0 Å². The smallest absolute Gasteiger partial charge is 0.293 e. The predicted molar refractivity (Wildman–Crippen MR) is 105 cm³/mol. The standard InChI is InChI=1S/C19H15N3O5S/c23-17(14-6-8-15(9-7-14)22(26)27)20-10-11-21-18(24)16(28-19(21)25)12-13-4-2-1-3-5-13/h1-9,12H,10-11H2,(H,20,23). The number of hydrogen-bond donors (Lipinski definition) is 1. The summed E-state index contributed by atoms with van der Waals surface area (Å²) in [5.74, 6) is -0.842. The SMILES string of the molecule is O=C(NCCN1C(=O)SC(=Cc2ccccc2)C1=O)c1ccc([N+](=O)[O-])cc1. The Hall–Kier alpha value is -3.46. The van der Waals surface area contributed by atoms with Crippen LogP contribution in [0.1, 0.15) is 15.9 Å². The summed E-state index contributed by atoms with van der Waals surface area (Å²) in [5.41, 5.74) is 0.961. The molecule has 0 bridgehead atoms. The molecule has 2 aromatic rings. The normalized spacial score (nSPS) is 15.1. The summed E-state index contributed by atoms with van der Waals surface area (Å²) in [6, 6.07) is 14.4. The summed E-state index contributed by atoms with van der Waals surface area (Å²) < 4.78 is 0. The minimum Gasteiger partial charge on any atom is -0.350 e. The molecule has 0 atom stereocenters. The number of rotatable bonds is 6. The van der Waals surface area contributed by atoms with Gasteiger partial charge in [-0.25, -0.2) is 0 Å². The number of imide groups is 1. The van der Waals surface area contributed by atoms with Crippen LogP contribution in [0, 0.1) is 10.1 Å². The second kappa shape index (κ2) is 8.49. The van der Waals surface area contributed by atoms with Gasteiger partial charge in [-0.3, -0.25) is 29.4 Å². The highest BCUT2D eigenvalue weighted by atomic mass is 32.2. The fraction of sp³-hybridized carbons (Fsp3) is 0.105. The van der Waals surface area contributed by atoms with Gasteiger partial charge in [0.1, 0.15) is 0 Å². The second-order valence-corrected chi connectivity index (χ2v) is 6.80. The minimum absolute atomic E-state index is 0.0372. The number of carbonyl (C=O) groups excluding carboxylic acids is 3. The van der Waals surface area contributed by atoms with Gasteiger partial charge in [0.05, 0.1) is 9.83 Å². The van der Waals surface area contributed by atoms with Crippen molar-refractivity contribution < 1.29 is 19.3 Å². The molecule has 3 rings (SSSR count). The molecule has 0 saturated carbocycles. The van der Waals surface area contributed by atoms with Gasteiger partial charge < -0.3 is 5.32 Å². The lowest BCUT2D eigenvalue weighted by Gasteiger charge is -2.13. The van der Waals surface area contributed by atoms with Crippen LogP contribution in [-0.2, 0) is 4.79 Å². The first-order chi connectivity index (χ1) is 13.5. The van der Waals surface area contributed by atoms with Crippen LogP contribution in [0.4, 0.5) is 10.5 Å². The lowest BCUT2D eigenvalue weighted by molar-refractivity contribution is -0.384. The predicted octanol–water partition coefficient (Wildman–Crippen LogP) is 3.06. The lowest BCUT2D eigenvalue weighted by Crippen LogP contribution is -2.37. The molecule has 0 radical (unpaired) electrons. The van der Waals surface area contributed by atoms with Gasteiger partial charge in [0.25, 0.3) is 22.7 Å². The van der Waals surface area contributed by atoms with Gasteiger partial charge in [0.2, 0.25) is 0 Å². The van der Waals surface area contributed by atoms with Crippen LogP contribution in [0.25, 0.3) is 6.08 Å². The number of nitro benzene ring substituents is 1. The quantitative estimate of drug-likeness (QED) is 0.456. The van der Waals surface area contributed by atoms with Crippen LogP contribution in [0.5, 0.6) is 0 Å². The van der Waals surface area contributed by atoms with Crippen molar-refractivity contribution in [3.63, 3.8) is 0 Å². The highest BCUT2D eigenvalue weighted by molar-refractivity contribution is 8.18. The number of benzene rings is 2. The van der Waals surface area contributed by atoms with E-state index in [1.807, 2.05) is 30.3 Å². The van der Waals surface area contributed by atoms with Crippen LogP contribution in [0.15, 0.2) is 59.5 Å². The third-order valence-electron chi connectivity index (χ3n) is 3.93. The van der Waals surface area contributed by atoms with E-state index < -0.39 is 22.0 Å². The first-order valence-corrected chi connectivity index (χ1v) is 9.10. The zero-order valence-electron chi connectivity index (χ0n) is 14.5. The summed E-state index contributed by atoms with van der Waals surface area (Å²) in [4.78, 5) is 48.1. The topological polar surface area (TPSA) is 110 Å². The number of carbonyl (C=O) groups is 3. The Morgan fingerprint density at radius 3 is 2.43 bits per heavy atom. The number of non-ortho nitro benzene ring substituents is 1. The van der Waals surface area contributed by atoms with Crippen molar-refractivity contribution in [3.8, 4) is 0 Å². The van der Waals surface area contributed by atoms with Gasteiger partial charge in [0.15, 0.2) is 0 Å². The van der Waals surface area contributed by atoms with Crippen molar-refractivity contribution in [2.45, 2.75) is 0 Å². The third-order valence-corrected chi connectivity index (χ3v) is 4.84. The van der Waals surface area contributed by atoms with E-state index in [0.717, 1.165) is 22.2 Å². The Balaban J connectivity index is 1.56. The fourth-order valence-electron chi connectivity index (χ4n) is 2.51. The van der Waals surface area contributed by atoms with Crippen LogP contribution >= 0.6 is 11.8 Å². The van der Waals surface area contributed by atoms with Crippen molar-refractivity contribution in [1.82, 2.24) is 10.2 Å². The van der Waals surface area contributed by atoms with Crippen molar-refractivity contribution in [2.75, 3.05) is 13.1 Å². The van der Waals surface area contributed by atoms with Crippen molar-refractivity contribution in [3.05, 3.63) is 80.7 Å². The zero-order valence-corrected chi connectivity index (χ0v) is 15.3. The summed E-state index contributed by atoms with van der Waals surface area (Å²) in [6.45, 7) is 0.113. The highest BCUT2D eigenvalue weighted by Crippen LogP contribution is 2.31. The number of amides is 3. The van der Waals surface area contributed by atoms with Crippen molar-refractivity contribution in [1.29, 1.82) is 0 Å². The van der Waals surface area contributed by atoms with E-state index in [1.54, 1.807) is 6.08 Å². The molecular formula is C19H15N3O5S. The summed E-state index contributed by atoms with van der Waals surface area (Å²) in [6.07, 6.45) is 1.65. The highest BCUT2D eigenvalue weighted by Gasteiger charge is 2.34. The van der Waals surface area contributed by atoms with Crippen LogP contribution in [-0.4, -0.2) is 40.0 Å². The maximum absolute atomic E-state index is 12.4. The van der Waals surface area contributed by atoms with Gasteiger partial charge >= 0.3 is 0 Å². The molecule has 1 fully saturated rings. The van der Waals surface area contributed by atoms with Crippen LogP contribution < -0.4 is 5.32 Å². The maximum atomic E-state index is 12.4. The van der Waals surface area contributed by atoms with Crippen molar-refractivity contribution in [2.24, 2.45) is 0 Å². The Kier molecular flexibility index (Phi) is 5.85. The first kappa shape index (κ1) is 19.3. The summed E-state index contributed by atoms with van der Waals surface area (Å²) in [5, 5.41) is 12.8. The number of nitro groups is 1. The summed E-state index contributed by atoms with van der Waals surface area (Å²) in [7, 11) is 0. The molecule has 1 aliphatic heterocycles. The molecular weight excluding hydrogens is 382 g/mol. The van der Waals surface area contributed by atoms with Gasteiger partial charge in [-0.1, -0.05) is 30.3 Å². The molecule has 28 heavy (non-hydrogen) atoms. The Labute approximate surface area is 164 Å². The molecule has 0 spiro atoms. The molecule has 1 heterocycles. The number of nitrogens with one attached hydrogen (secondary N) is 1. The van der Waals surface area contributed by atoms with E-state index in [2.05, 4.69) is 5.32 Å². The molecule has 0 unspecified atom stereocenters. The van der Waals surface area contributed by atoms with E-state index in [4.69, 9.17) is 0 Å². The average molecular weight is 397 g/mol. The third kappa shape index (κ3) is 4.44. The van der Waals surface area contributed by atoms with Crippen LogP contribution in [0.2, 0.25) is 0 Å². The van der Waals surface area contributed by atoms with E-state index in [1.165, 1.54) is 24.3 Å². The molecule has 1 saturated heterocycles. The molecule has 142 valence electrons. The van der Waals surface area contributed by atoms with Gasteiger partial charge in [-0.2, -0.15) is 0 Å². The molecule has 1 aliphatic rings. The lowest BCUT2D eigenvalue weighted by atomic mass is 10.2. The average Bonchev–Trinajstić information content (AvgIpc) is 2.96. The second-order valence-electron chi connectivity index (χ2n) is 5.80. The maximum Gasteiger partial charge on any atom is 0.293 e. The molecule has 9 heteroatoms. The fourth-order valence-corrected chi connectivity index (χ4v) is 3.38. The van der Waals surface area contributed by atoms with Crippen molar-refractivity contribution >= 4 is 40.6 Å². The number of hydrogen-bond acceptors (Lipinski definition) is 6. The molecule has 1 N–H and O–H groups in total. The van der Waals surface area contributed by atoms with Gasteiger partial charge in [-0.05, 0) is 35.5 Å². The minimum atomic E-state index is -0.551. The van der Waals surface area contributed by atoms with E-state index in [0.29, 0.717) is 4.91 Å². The molecule has 3 amide bonds. The zero-order chi connectivity index (χ0) is 20.1. The molecule has 8 nitrogen and oxygen atoms in total. The first-order valence-electron chi connectivity index (χ1n) is 8.29. The molecule has 2 aromatic carbocycles. The Morgan fingerprint density at radius 1 is 1.11 bits per heavy atom. The van der Waals surface area contributed by atoms with E-state index >= 15 is 0 Å². The number of nitrogens with zero attached hydrogens (tertiary/aromatic N) is 2. The Morgan fingerprint density at radius 2 is 1.79 bits per heavy atom. The molecule has 0 aromatic heterocycles. The monoisotopic (exact) mass is 397 g/mol. The largest absolute Gasteiger partial charge is 0.350 e.